The Hall–Kier alpha value is -4.35. The van der Waals surface area contributed by atoms with Gasteiger partial charge in [0.1, 0.15) is 24.6 Å². The highest BCUT2D eigenvalue weighted by Crippen LogP contribution is 2.51. The maximum Gasteiger partial charge on any atom is 0.303 e. The fourth-order valence-corrected chi connectivity index (χ4v) is 8.64. The second kappa shape index (κ2) is 20.3. The smallest absolute Gasteiger partial charge is 0.303 e. The molecule has 16 heteroatoms. The monoisotopic (exact) mass is 858 g/mol. The Labute approximate surface area is 348 Å². The number of nitrogens with zero attached hydrogens (tertiary/aromatic N) is 2. The number of methoxy groups -OCH3 is 1. The van der Waals surface area contributed by atoms with Crippen molar-refractivity contribution in [1.82, 2.24) is 9.89 Å². The lowest BCUT2D eigenvalue weighted by Gasteiger charge is -2.30. The van der Waals surface area contributed by atoms with Gasteiger partial charge in [-0.3, -0.25) is 18.7 Å². The molecule has 59 heavy (non-hydrogen) atoms. The van der Waals surface area contributed by atoms with E-state index in [1.807, 2.05) is 73.0 Å². The third-order valence-corrected chi connectivity index (χ3v) is 12.2. The fourth-order valence-electron chi connectivity index (χ4n) is 7.63. The molecule has 0 spiro atoms. The van der Waals surface area contributed by atoms with Crippen LogP contribution >= 0.6 is 0 Å². The van der Waals surface area contributed by atoms with Gasteiger partial charge in [-0.2, -0.15) is 16.8 Å². The standard InChI is InChI=1S/C43H59N3O11S2/c1-7-45(23-13-27-59(53,54)55)32-18-19-34-35(42(2,3)4)30-33(57-38(34)29-32)14-11-15-39-43(5,21-12-26-58(50,51)52)36-28-31(41(49)44-22-25-56-6)17-20-37(36)46(39)24-10-8-9-16-40(47)48/h11,14-15,17-20,28-30H,7-10,12-13,16,21-27H2,1-6H3,(H3-,44,47,48,49,50,51,52,53,54,55)/p+1. The Morgan fingerprint density at radius 2 is 1.68 bits per heavy atom. The Morgan fingerprint density at radius 1 is 0.966 bits per heavy atom. The average Bonchev–Trinajstić information content (AvgIpc) is 3.37. The zero-order valence-corrected chi connectivity index (χ0v) is 36.6. The molecule has 1 unspecified atom stereocenters. The molecule has 1 amide bonds. The van der Waals surface area contributed by atoms with Gasteiger partial charge < -0.3 is 24.5 Å². The number of ether oxygens (including phenoxy) is 1. The van der Waals surface area contributed by atoms with Crippen LogP contribution in [0.2, 0.25) is 0 Å². The van der Waals surface area contributed by atoms with Crippen molar-refractivity contribution in [3.63, 3.8) is 0 Å². The number of hydrogen-bond acceptors (Lipinski definition) is 9. The quantitative estimate of drug-likeness (QED) is 0.0544. The van der Waals surface area contributed by atoms with E-state index in [9.17, 15) is 40.6 Å². The van der Waals surface area contributed by atoms with Gasteiger partial charge in [-0.15, -0.1) is 0 Å². The molecule has 3 aliphatic rings. The minimum Gasteiger partial charge on any atom is -0.481 e. The van der Waals surface area contributed by atoms with E-state index in [0.717, 1.165) is 33.4 Å². The molecule has 4 rings (SSSR count). The number of benzene rings is 2. The Balaban J connectivity index is 1.84. The maximum atomic E-state index is 13.2. The normalized spacial score (nSPS) is 17.2. The van der Waals surface area contributed by atoms with E-state index in [-0.39, 0.29) is 36.3 Å². The number of aliphatic carboxylic acids is 1. The summed E-state index contributed by atoms with van der Waals surface area (Å²) in [4.78, 5) is 26.6. The van der Waals surface area contributed by atoms with Gasteiger partial charge in [0, 0.05) is 67.0 Å². The highest BCUT2D eigenvalue weighted by molar-refractivity contribution is 7.86. The number of carbonyl (C=O) groups excluding carboxylic acids is 1. The number of carboxylic acid groups (broad SMARTS) is 1. The molecule has 0 radical (unpaired) electrons. The van der Waals surface area contributed by atoms with Gasteiger partial charge in [0.2, 0.25) is 5.36 Å². The molecule has 0 saturated carbocycles. The van der Waals surface area contributed by atoms with Crippen molar-refractivity contribution in [2.75, 3.05) is 56.3 Å². The number of anilines is 1. The molecule has 0 aromatic heterocycles. The summed E-state index contributed by atoms with van der Waals surface area (Å²) in [7, 11) is -6.77. The zero-order valence-electron chi connectivity index (χ0n) is 35.0. The summed E-state index contributed by atoms with van der Waals surface area (Å²) < 4.78 is 79.0. The van der Waals surface area contributed by atoms with Gasteiger partial charge in [0.25, 0.3) is 26.1 Å². The summed E-state index contributed by atoms with van der Waals surface area (Å²) in [6.45, 7) is 12.6. The van der Waals surface area contributed by atoms with Gasteiger partial charge >= 0.3 is 5.97 Å². The SMILES string of the molecule is CC[N+](CCCS(=O)(=O)O)=c1ccc2c(C(C)(C)C)cc(/C=C/C=C3/N(CCCCCC(=O)O)c4ccc(C(=O)NCCOC)cc4C3(C)CCCS(=O)(=O)O)oc-2c1. The van der Waals surface area contributed by atoms with Crippen LogP contribution in [0.1, 0.15) is 107 Å². The lowest BCUT2D eigenvalue weighted by Crippen LogP contribution is -2.31. The fraction of sp³-hybridized carbons (Fsp3) is 0.512. The van der Waals surface area contributed by atoms with Crippen molar-refractivity contribution in [1.29, 1.82) is 0 Å². The van der Waals surface area contributed by atoms with Crippen LogP contribution in [0, 0.1) is 0 Å². The third kappa shape index (κ3) is 13.3. The van der Waals surface area contributed by atoms with Gasteiger partial charge in [-0.05, 0) is 98.6 Å². The van der Waals surface area contributed by atoms with Crippen molar-refractivity contribution in [3.05, 3.63) is 88.1 Å². The molecule has 1 aliphatic carbocycles. The predicted molar refractivity (Wildman–Crippen MR) is 230 cm³/mol. The summed E-state index contributed by atoms with van der Waals surface area (Å²) in [6.07, 6.45) is 8.37. The van der Waals surface area contributed by atoms with Gasteiger partial charge in [0.05, 0.1) is 24.2 Å². The number of fused-ring (bicyclic) bond motifs is 2. The number of allylic oxidation sites excluding steroid dienone is 3. The first-order valence-electron chi connectivity index (χ1n) is 20.0. The number of carboxylic acids is 1. The first-order valence-corrected chi connectivity index (χ1v) is 23.2. The molecule has 4 N–H and O–H groups in total. The predicted octanol–water partition coefficient (Wildman–Crippen LogP) is 6.12. The van der Waals surface area contributed by atoms with E-state index in [1.165, 1.54) is 0 Å². The lowest BCUT2D eigenvalue weighted by molar-refractivity contribution is -0.137. The minimum atomic E-state index is -4.24. The van der Waals surface area contributed by atoms with Crippen molar-refractivity contribution < 1.29 is 49.8 Å². The number of amides is 1. The second-order valence-corrected chi connectivity index (χ2v) is 19.3. The van der Waals surface area contributed by atoms with Crippen LogP contribution in [0.3, 0.4) is 0 Å². The Morgan fingerprint density at radius 3 is 2.32 bits per heavy atom. The number of nitrogens with one attached hydrogen (secondary N) is 1. The van der Waals surface area contributed by atoms with Crippen LogP contribution in [0.5, 0.6) is 0 Å². The van der Waals surface area contributed by atoms with E-state index in [1.54, 1.807) is 13.2 Å². The summed E-state index contributed by atoms with van der Waals surface area (Å²) in [5.74, 6) is -0.690. The molecule has 2 heterocycles. The lowest BCUT2D eigenvalue weighted by atomic mass is 9.77. The average molecular weight is 859 g/mol. The van der Waals surface area contributed by atoms with E-state index < -0.39 is 37.4 Å². The molecular weight excluding hydrogens is 799 g/mol. The molecule has 1 atom stereocenters. The first-order chi connectivity index (χ1) is 27.7. The van der Waals surface area contributed by atoms with Gasteiger partial charge in [0.15, 0.2) is 0 Å². The number of rotatable bonds is 21. The second-order valence-electron chi connectivity index (χ2n) is 16.2. The van der Waals surface area contributed by atoms with E-state index in [0.29, 0.717) is 75.6 Å². The zero-order chi connectivity index (χ0) is 43.6. The highest BCUT2D eigenvalue weighted by Gasteiger charge is 2.43. The summed E-state index contributed by atoms with van der Waals surface area (Å²) >= 11 is 0. The van der Waals surface area contributed by atoms with Crippen molar-refractivity contribution >= 4 is 43.9 Å². The van der Waals surface area contributed by atoms with Crippen LogP contribution in [-0.4, -0.2) is 94.3 Å². The van der Waals surface area contributed by atoms with Gasteiger partial charge in [-0.1, -0.05) is 33.3 Å². The van der Waals surface area contributed by atoms with Crippen LogP contribution in [0.4, 0.5) is 5.69 Å². The van der Waals surface area contributed by atoms with Crippen molar-refractivity contribution in [2.24, 2.45) is 0 Å². The van der Waals surface area contributed by atoms with Crippen molar-refractivity contribution in [2.45, 2.75) is 90.4 Å². The molecule has 0 saturated heterocycles. The molecule has 1 aromatic rings. The van der Waals surface area contributed by atoms with Crippen LogP contribution in [-0.2, 0) is 40.6 Å². The summed E-state index contributed by atoms with van der Waals surface area (Å²) in [5.41, 5.74) is 3.88. The molecule has 0 bridgehead atoms. The Kier molecular flexibility index (Phi) is 16.3. The maximum absolute atomic E-state index is 13.2. The van der Waals surface area contributed by atoms with E-state index in [2.05, 4.69) is 31.0 Å². The largest absolute Gasteiger partial charge is 0.481 e. The Bertz CT molecular complexity index is 2290. The molecular formula is C43H60N3O11S2+. The topological polar surface area (TPSA) is 204 Å². The van der Waals surface area contributed by atoms with Crippen molar-refractivity contribution in [3.8, 4) is 11.3 Å². The molecule has 324 valence electrons. The third-order valence-electron chi connectivity index (χ3n) is 10.6. The molecule has 0 fully saturated rings. The van der Waals surface area contributed by atoms with Crippen LogP contribution in [0.25, 0.3) is 17.4 Å². The number of hydrogen-bond donors (Lipinski definition) is 4. The molecule has 14 nitrogen and oxygen atoms in total. The summed E-state index contributed by atoms with van der Waals surface area (Å²) in [5, 5.41) is 12.9. The van der Waals surface area contributed by atoms with E-state index in [4.69, 9.17) is 9.15 Å². The number of carbonyl (C=O) groups is 2. The van der Waals surface area contributed by atoms with Gasteiger partial charge in [-0.25, -0.2) is 4.58 Å². The molecule has 2 aliphatic heterocycles. The number of unbranched alkanes of at least 4 members (excludes halogenated alkanes) is 2. The summed E-state index contributed by atoms with van der Waals surface area (Å²) in [6, 6.07) is 13.4. The molecule has 1 aromatic carbocycles. The van der Waals surface area contributed by atoms with Crippen LogP contribution in [0.15, 0.2) is 64.7 Å². The van der Waals surface area contributed by atoms with Crippen LogP contribution < -0.4 is 20.1 Å². The van der Waals surface area contributed by atoms with E-state index >= 15 is 0 Å². The first kappa shape index (κ1) is 47.3. The highest BCUT2D eigenvalue weighted by atomic mass is 32.2. The minimum absolute atomic E-state index is 0.0642.